The molecule has 0 saturated heterocycles. The number of carbonyl (C=O) groups is 1. The van der Waals surface area contributed by atoms with Crippen molar-refractivity contribution >= 4 is 11.7 Å². The third-order valence-corrected chi connectivity index (χ3v) is 2.12. The quantitative estimate of drug-likeness (QED) is 0.688. The molecule has 0 spiro atoms. The van der Waals surface area contributed by atoms with Crippen LogP contribution >= 0.6 is 0 Å². The fourth-order valence-electron chi connectivity index (χ4n) is 1.55. The Hall–Kier alpha value is -1.42. The van der Waals surface area contributed by atoms with Crippen LogP contribution in [0, 0.1) is 0 Å². The van der Waals surface area contributed by atoms with Gasteiger partial charge in [-0.05, 0) is 6.07 Å². The van der Waals surface area contributed by atoms with Crippen molar-refractivity contribution in [3.63, 3.8) is 0 Å². The van der Waals surface area contributed by atoms with Crippen LogP contribution in [0.1, 0.15) is 5.56 Å². The number of hydrogen-bond acceptors (Lipinski definition) is 3. The van der Waals surface area contributed by atoms with Gasteiger partial charge in [0.15, 0.2) is 0 Å². The Bertz CT molecular complexity index is 337. The standard InChI is InChI=1S/C9H11N3O/c10-3-5-12-8(13)6-7-2-1-4-11-9(7)12/h1-2,4H,3,5-6,10H2. The van der Waals surface area contributed by atoms with Gasteiger partial charge in [-0.15, -0.1) is 0 Å². The highest BCUT2D eigenvalue weighted by Crippen LogP contribution is 2.24. The van der Waals surface area contributed by atoms with E-state index in [-0.39, 0.29) is 5.91 Å². The molecule has 13 heavy (non-hydrogen) atoms. The zero-order valence-corrected chi connectivity index (χ0v) is 7.23. The summed E-state index contributed by atoms with van der Waals surface area (Å²) in [7, 11) is 0. The summed E-state index contributed by atoms with van der Waals surface area (Å²) < 4.78 is 0. The van der Waals surface area contributed by atoms with E-state index in [0.29, 0.717) is 19.5 Å². The average molecular weight is 177 g/mol. The number of rotatable bonds is 2. The molecule has 1 aromatic heterocycles. The van der Waals surface area contributed by atoms with Gasteiger partial charge in [0, 0.05) is 24.8 Å². The van der Waals surface area contributed by atoms with Crippen molar-refractivity contribution in [3.05, 3.63) is 23.9 Å². The molecule has 0 fully saturated rings. The molecule has 68 valence electrons. The molecule has 2 N–H and O–H groups in total. The smallest absolute Gasteiger partial charge is 0.232 e. The van der Waals surface area contributed by atoms with Crippen LogP contribution in [0.3, 0.4) is 0 Å². The second-order valence-electron chi connectivity index (χ2n) is 3.00. The Morgan fingerprint density at radius 1 is 1.62 bits per heavy atom. The van der Waals surface area contributed by atoms with E-state index in [9.17, 15) is 4.79 Å². The predicted octanol–water partition coefficient (Wildman–Crippen LogP) is -0.0706. The molecule has 1 aromatic rings. The van der Waals surface area contributed by atoms with Crippen LogP contribution in [0.2, 0.25) is 0 Å². The van der Waals surface area contributed by atoms with Gasteiger partial charge in [-0.25, -0.2) is 4.98 Å². The first-order valence-electron chi connectivity index (χ1n) is 4.27. The molecule has 2 heterocycles. The van der Waals surface area contributed by atoms with E-state index in [1.165, 1.54) is 0 Å². The molecule has 0 bridgehead atoms. The second kappa shape index (κ2) is 3.14. The lowest BCUT2D eigenvalue weighted by atomic mass is 10.2. The third kappa shape index (κ3) is 1.29. The monoisotopic (exact) mass is 177 g/mol. The van der Waals surface area contributed by atoms with Crippen molar-refractivity contribution in [3.8, 4) is 0 Å². The predicted molar refractivity (Wildman–Crippen MR) is 49.3 cm³/mol. The summed E-state index contributed by atoms with van der Waals surface area (Å²) in [6.07, 6.45) is 2.16. The summed E-state index contributed by atoms with van der Waals surface area (Å²) >= 11 is 0. The maximum absolute atomic E-state index is 11.5. The molecular formula is C9H11N3O. The summed E-state index contributed by atoms with van der Waals surface area (Å²) in [5.41, 5.74) is 6.41. The first kappa shape index (κ1) is 8.19. The summed E-state index contributed by atoms with van der Waals surface area (Å²) in [6, 6.07) is 3.77. The molecular weight excluding hydrogens is 166 g/mol. The van der Waals surface area contributed by atoms with Crippen molar-refractivity contribution in [2.75, 3.05) is 18.0 Å². The number of nitrogens with two attached hydrogens (primary N) is 1. The average Bonchev–Trinajstić information content (AvgIpc) is 2.44. The molecule has 0 unspecified atom stereocenters. The first-order valence-corrected chi connectivity index (χ1v) is 4.27. The fraction of sp³-hybridized carbons (Fsp3) is 0.333. The van der Waals surface area contributed by atoms with Crippen molar-refractivity contribution < 1.29 is 4.79 Å². The van der Waals surface area contributed by atoms with Crippen molar-refractivity contribution in [1.29, 1.82) is 0 Å². The maximum atomic E-state index is 11.5. The van der Waals surface area contributed by atoms with E-state index in [1.807, 2.05) is 12.1 Å². The topological polar surface area (TPSA) is 59.2 Å². The first-order chi connectivity index (χ1) is 6.33. The Morgan fingerprint density at radius 2 is 2.46 bits per heavy atom. The number of amides is 1. The Morgan fingerprint density at radius 3 is 3.23 bits per heavy atom. The van der Waals surface area contributed by atoms with Crippen LogP contribution in [0.5, 0.6) is 0 Å². The fourth-order valence-corrected chi connectivity index (χ4v) is 1.55. The SMILES string of the molecule is NCCN1C(=O)Cc2cccnc21. The van der Waals surface area contributed by atoms with Gasteiger partial charge in [-0.2, -0.15) is 0 Å². The molecule has 0 aliphatic carbocycles. The zero-order valence-electron chi connectivity index (χ0n) is 7.23. The number of carbonyl (C=O) groups excluding carboxylic acids is 1. The van der Waals surface area contributed by atoms with Crippen LogP contribution in [-0.4, -0.2) is 24.0 Å². The highest BCUT2D eigenvalue weighted by atomic mass is 16.2. The minimum Gasteiger partial charge on any atom is -0.329 e. The summed E-state index contributed by atoms with van der Waals surface area (Å²) in [6.45, 7) is 1.03. The highest BCUT2D eigenvalue weighted by Gasteiger charge is 2.26. The molecule has 4 nitrogen and oxygen atoms in total. The molecule has 4 heteroatoms. The largest absolute Gasteiger partial charge is 0.329 e. The zero-order chi connectivity index (χ0) is 9.26. The van der Waals surface area contributed by atoms with E-state index in [2.05, 4.69) is 4.98 Å². The van der Waals surface area contributed by atoms with Crippen molar-refractivity contribution in [2.45, 2.75) is 6.42 Å². The van der Waals surface area contributed by atoms with Gasteiger partial charge >= 0.3 is 0 Å². The van der Waals surface area contributed by atoms with Gasteiger partial charge in [0.25, 0.3) is 0 Å². The maximum Gasteiger partial charge on any atom is 0.232 e. The molecule has 0 saturated carbocycles. The van der Waals surface area contributed by atoms with Crippen LogP contribution in [-0.2, 0) is 11.2 Å². The van der Waals surface area contributed by atoms with Crippen LogP contribution in [0.15, 0.2) is 18.3 Å². The lowest BCUT2D eigenvalue weighted by molar-refractivity contribution is -0.117. The number of hydrogen-bond donors (Lipinski definition) is 1. The van der Waals surface area contributed by atoms with Crippen molar-refractivity contribution in [1.82, 2.24) is 4.98 Å². The van der Waals surface area contributed by atoms with Crippen LogP contribution < -0.4 is 10.6 Å². The third-order valence-electron chi connectivity index (χ3n) is 2.12. The molecule has 0 atom stereocenters. The molecule has 1 amide bonds. The molecule has 0 radical (unpaired) electrons. The van der Waals surface area contributed by atoms with Crippen LogP contribution in [0.4, 0.5) is 5.82 Å². The van der Waals surface area contributed by atoms with Gasteiger partial charge in [0.1, 0.15) is 5.82 Å². The normalized spacial score (nSPS) is 14.8. The van der Waals surface area contributed by atoms with Crippen LogP contribution in [0.25, 0.3) is 0 Å². The van der Waals surface area contributed by atoms with Gasteiger partial charge in [0.2, 0.25) is 5.91 Å². The summed E-state index contributed by atoms with van der Waals surface area (Å²) in [5.74, 6) is 0.872. The summed E-state index contributed by atoms with van der Waals surface area (Å²) in [5, 5.41) is 0. The van der Waals surface area contributed by atoms with E-state index in [1.54, 1.807) is 11.1 Å². The Kier molecular flexibility index (Phi) is 1.98. The molecule has 1 aliphatic heterocycles. The number of nitrogens with zero attached hydrogens (tertiary/aromatic N) is 2. The lowest BCUT2D eigenvalue weighted by Gasteiger charge is -2.14. The van der Waals surface area contributed by atoms with Gasteiger partial charge in [-0.3, -0.25) is 9.69 Å². The molecule has 1 aliphatic rings. The van der Waals surface area contributed by atoms with Gasteiger partial charge in [0.05, 0.1) is 6.42 Å². The number of anilines is 1. The minimum atomic E-state index is 0.0964. The molecule has 0 aromatic carbocycles. The number of fused-ring (bicyclic) bond motifs is 1. The minimum absolute atomic E-state index is 0.0964. The van der Waals surface area contributed by atoms with E-state index >= 15 is 0 Å². The van der Waals surface area contributed by atoms with Crippen molar-refractivity contribution in [2.24, 2.45) is 5.73 Å². The highest BCUT2D eigenvalue weighted by molar-refractivity contribution is 6.00. The second-order valence-corrected chi connectivity index (χ2v) is 3.00. The Labute approximate surface area is 76.4 Å². The lowest BCUT2D eigenvalue weighted by Crippen LogP contribution is -2.32. The van der Waals surface area contributed by atoms with Gasteiger partial charge < -0.3 is 5.73 Å². The Balaban J connectivity index is 2.35. The van der Waals surface area contributed by atoms with Gasteiger partial charge in [-0.1, -0.05) is 6.07 Å². The van der Waals surface area contributed by atoms with E-state index in [4.69, 9.17) is 5.73 Å². The van der Waals surface area contributed by atoms with E-state index in [0.717, 1.165) is 11.4 Å². The summed E-state index contributed by atoms with van der Waals surface area (Å²) in [4.78, 5) is 17.3. The van der Waals surface area contributed by atoms with E-state index < -0.39 is 0 Å². The number of pyridine rings is 1. The molecule has 2 rings (SSSR count). The number of aromatic nitrogens is 1.